The van der Waals surface area contributed by atoms with Crippen molar-refractivity contribution in [1.82, 2.24) is 0 Å². The van der Waals surface area contributed by atoms with Crippen LogP contribution in [0.4, 0.5) is 0 Å². The minimum Gasteiger partial charge on any atom is -0.313 e. The molecule has 0 heterocycles. The van der Waals surface area contributed by atoms with E-state index < -0.39 is 18.8 Å². The number of benzene rings is 5. The van der Waals surface area contributed by atoms with Crippen LogP contribution in [0.25, 0.3) is 11.1 Å². The monoisotopic (exact) mass is 508 g/mol. The summed E-state index contributed by atoms with van der Waals surface area (Å²) in [6.45, 7) is 0. The van der Waals surface area contributed by atoms with Crippen molar-refractivity contribution in [3.05, 3.63) is 156 Å². The van der Waals surface area contributed by atoms with Crippen molar-refractivity contribution < 1.29 is 4.57 Å². The van der Waals surface area contributed by atoms with Crippen LogP contribution in [0.5, 0.6) is 0 Å². The van der Waals surface area contributed by atoms with E-state index in [0.29, 0.717) is 10.6 Å². The van der Waals surface area contributed by atoms with Gasteiger partial charge in [0.2, 0.25) is 0 Å². The van der Waals surface area contributed by atoms with Crippen LogP contribution in [0.3, 0.4) is 0 Å². The lowest BCUT2D eigenvalue weighted by molar-refractivity contribution is 0.573. The van der Waals surface area contributed by atoms with Gasteiger partial charge in [0.1, 0.15) is 0 Å². The first-order valence-corrected chi connectivity index (χ1v) is 14.4. The molecule has 182 valence electrons. The molecule has 0 bridgehead atoms. The summed E-state index contributed by atoms with van der Waals surface area (Å²) >= 11 is 0. The average Bonchev–Trinajstić information content (AvgIpc) is 3.31. The number of aliphatic imine (C=N–C) groups is 1. The number of hydrogen-bond acceptors (Lipinski definition) is 3. The van der Waals surface area contributed by atoms with E-state index in [1.165, 1.54) is 0 Å². The van der Waals surface area contributed by atoms with Gasteiger partial charge in [0, 0.05) is 21.7 Å². The first-order chi connectivity index (χ1) is 18.7. The van der Waals surface area contributed by atoms with Gasteiger partial charge >= 0.3 is 0 Å². The van der Waals surface area contributed by atoms with Gasteiger partial charge in [0.05, 0.1) is 17.4 Å². The first kappa shape index (κ1) is 23.9. The Hall–Kier alpha value is -4.51. The minimum absolute atomic E-state index is 0.675. The maximum absolute atomic E-state index is 15.6. The van der Waals surface area contributed by atoms with Crippen LogP contribution in [0.2, 0.25) is 0 Å². The highest BCUT2D eigenvalue weighted by Crippen LogP contribution is 2.59. The molecule has 0 fully saturated rings. The van der Waals surface area contributed by atoms with Crippen molar-refractivity contribution in [2.24, 2.45) is 4.99 Å². The second-order valence-corrected chi connectivity index (χ2v) is 12.2. The van der Waals surface area contributed by atoms with Crippen molar-refractivity contribution >= 4 is 23.5 Å². The highest BCUT2D eigenvalue weighted by atomic mass is 31.2. The predicted molar refractivity (Wildman–Crippen MR) is 156 cm³/mol. The van der Waals surface area contributed by atoms with E-state index in [1.807, 2.05) is 127 Å². The third-order valence-corrected chi connectivity index (χ3v) is 10.7. The van der Waals surface area contributed by atoms with Crippen molar-refractivity contribution in [3.63, 3.8) is 0 Å². The third-order valence-electron chi connectivity index (χ3n) is 7.17. The number of hydrogen-bond donors (Lipinski definition) is 0. The lowest BCUT2D eigenvalue weighted by Gasteiger charge is -2.31. The Morgan fingerprint density at radius 2 is 0.947 bits per heavy atom. The molecule has 1 aliphatic carbocycles. The lowest BCUT2D eigenvalue weighted by Crippen LogP contribution is -2.28. The van der Waals surface area contributed by atoms with E-state index in [2.05, 4.69) is 18.2 Å². The van der Waals surface area contributed by atoms with Gasteiger partial charge in [-0.15, -0.1) is 0 Å². The Balaban J connectivity index is 1.62. The zero-order chi connectivity index (χ0) is 26.0. The fourth-order valence-electron chi connectivity index (χ4n) is 5.45. The SMILES string of the molecule is N#C[C@H](N=C1c2ccccc2-c2ccccc21)[C@@H](c1ccccc1)P(=O)(c1ccccc1)c1ccccc1. The van der Waals surface area contributed by atoms with Crippen LogP contribution < -0.4 is 10.6 Å². The zero-order valence-electron chi connectivity index (χ0n) is 20.7. The standard InChI is InChI=1S/C34H25N2OP/c35-24-32(36-33-30-22-12-10-20-28(30)29-21-11-13-23-31(29)33)34(25-14-4-1-5-15-25)38(37,26-16-6-2-7-17-26)27-18-8-3-9-19-27/h1-23,32,34H/t32-,34+/m0/s1. The van der Waals surface area contributed by atoms with Gasteiger partial charge in [-0.25, -0.2) is 0 Å². The van der Waals surface area contributed by atoms with Gasteiger partial charge in [0.25, 0.3) is 0 Å². The molecule has 0 N–H and O–H groups in total. The summed E-state index contributed by atoms with van der Waals surface area (Å²) in [5.74, 6) is 0. The molecule has 6 rings (SSSR count). The molecule has 1 aliphatic rings. The molecular formula is C34H25N2OP. The van der Waals surface area contributed by atoms with Crippen LogP contribution in [-0.4, -0.2) is 11.8 Å². The molecular weight excluding hydrogens is 483 g/mol. The summed E-state index contributed by atoms with van der Waals surface area (Å²) in [6.07, 6.45) is 0. The van der Waals surface area contributed by atoms with E-state index in [1.54, 1.807) is 0 Å². The molecule has 0 amide bonds. The van der Waals surface area contributed by atoms with Crippen molar-refractivity contribution in [3.8, 4) is 17.2 Å². The minimum atomic E-state index is -3.38. The second-order valence-electron chi connectivity index (χ2n) is 9.33. The Kier molecular flexibility index (Phi) is 6.34. The number of nitriles is 1. The van der Waals surface area contributed by atoms with E-state index >= 15 is 4.57 Å². The summed E-state index contributed by atoms with van der Waals surface area (Å²) in [6, 6.07) is 46.7. The highest BCUT2D eigenvalue weighted by Gasteiger charge is 2.43. The second kappa shape index (κ2) is 10.1. The molecule has 0 aliphatic heterocycles. The Labute approximate surface area is 223 Å². The maximum Gasteiger partial charge on any atom is 0.153 e. The highest BCUT2D eigenvalue weighted by molar-refractivity contribution is 7.79. The first-order valence-electron chi connectivity index (χ1n) is 12.6. The molecule has 0 aromatic heterocycles. The number of rotatable bonds is 6. The fraction of sp³-hybridized carbons (Fsp3) is 0.0588. The molecule has 0 saturated heterocycles. The van der Waals surface area contributed by atoms with Crippen LogP contribution in [0, 0.1) is 11.3 Å². The lowest BCUT2D eigenvalue weighted by atomic mass is 10.0. The summed E-state index contributed by atoms with van der Waals surface area (Å²) in [7, 11) is -3.38. The van der Waals surface area contributed by atoms with Crippen LogP contribution in [0.15, 0.2) is 145 Å². The van der Waals surface area contributed by atoms with Gasteiger partial charge in [0.15, 0.2) is 13.2 Å². The molecule has 0 spiro atoms. The van der Waals surface area contributed by atoms with Crippen molar-refractivity contribution in [1.29, 1.82) is 5.26 Å². The van der Waals surface area contributed by atoms with E-state index in [9.17, 15) is 5.26 Å². The summed E-state index contributed by atoms with van der Waals surface area (Å²) in [4.78, 5) is 5.15. The maximum atomic E-state index is 15.6. The van der Waals surface area contributed by atoms with E-state index in [4.69, 9.17) is 4.99 Å². The molecule has 5 aromatic carbocycles. The Morgan fingerprint density at radius 1 is 0.553 bits per heavy atom. The smallest absolute Gasteiger partial charge is 0.153 e. The third kappa shape index (κ3) is 4.01. The van der Waals surface area contributed by atoms with Gasteiger partial charge in [-0.2, -0.15) is 5.26 Å². The molecule has 2 atom stereocenters. The quantitative estimate of drug-likeness (QED) is 0.224. The average molecular weight is 509 g/mol. The van der Waals surface area contributed by atoms with E-state index in [-0.39, 0.29) is 0 Å². The van der Waals surface area contributed by atoms with Crippen molar-refractivity contribution in [2.45, 2.75) is 11.7 Å². The molecule has 38 heavy (non-hydrogen) atoms. The molecule has 3 nitrogen and oxygen atoms in total. The predicted octanol–water partition coefficient (Wildman–Crippen LogP) is 7.15. The van der Waals surface area contributed by atoms with Crippen LogP contribution >= 0.6 is 7.14 Å². The fourth-order valence-corrected chi connectivity index (χ4v) is 8.75. The molecule has 4 heteroatoms. The normalized spacial score (nSPS) is 13.6. The van der Waals surface area contributed by atoms with E-state index in [0.717, 1.165) is 33.5 Å². The van der Waals surface area contributed by atoms with Crippen LogP contribution in [-0.2, 0) is 4.57 Å². The largest absolute Gasteiger partial charge is 0.313 e. The Morgan fingerprint density at radius 3 is 1.39 bits per heavy atom. The molecule has 0 saturated carbocycles. The zero-order valence-corrected chi connectivity index (χ0v) is 21.6. The van der Waals surface area contributed by atoms with Gasteiger partial charge in [-0.05, 0) is 16.7 Å². The molecule has 0 unspecified atom stereocenters. The summed E-state index contributed by atoms with van der Waals surface area (Å²) in [5, 5.41) is 12.1. The van der Waals surface area contributed by atoms with Gasteiger partial charge in [-0.1, -0.05) is 140 Å². The number of fused-ring (bicyclic) bond motifs is 3. The number of nitrogens with zero attached hydrogens (tertiary/aromatic N) is 2. The van der Waals surface area contributed by atoms with Crippen molar-refractivity contribution in [2.75, 3.05) is 0 Å². The van der Waals surface area contributed by atoms with Crippen LogP contribution in [0.1, 0.15) is 22.3 Å². The summed E-state index contributed by atoms with van der Waals surface area (Å²) in [5.41, 5.74) is 5.12. The van der Waals surface area contributed by atoms with Gasteiger partial charge < -0.3 is 4.57 Å². The Bertz CT molecular complexity index is 1620. The molecule has 5 aromatic rings. The van der Waals surface area contributed by atoms with Gasteiger partial charge in [-0.3, -0.25) is 4.99 Å². The molecule has 0 radical (unpaired) electrons. The topological polar surface area (TPSA) is 53.2 Å². The summed E-state index contributed by atoms with van der Waals surface area (Å²) < 4.78 is 15.6.